The van der Waals surface area contributed by atoms with Crippen LogP contribution in [0.15, 0.2) is 65.5 Å². The fourth-order valence-electron chi connectivity index (χ4n) is 4.43. The quantitative estimate of drug-likeness (QED) is 0.573. The minimum atomic E-state index is 0.0442. The number of allylic oxidation sites excluding steroid dienone is 2. The monoisotopic (exact) mass is 457 g/mol. The lowest BCUT2D eigenvalue weighted by Crippen LogP contribution is -2.41. The summed E-state index contributed by atoms with van der Waals surface area (Å²) in [5.41, 5.74) is 6.74. The number of carbonyl (C=O) groups is 2. The number of carbonyl (C=O) groups excluding carboxylic acids is 2. The second-order valence-corrected chi connectivity index (χ2v) is 8.70. The van der Waals surface area contributed by atoms with Crippen LogP contribution in [-0.4, -0.2) is 52.6 Å². The SMILES string of the molecule is CC1=C(c2ccc(CNC(=O)C3CCCN3C)cc2)CC=N1.O=CCc1cnn2ccccc12. The van der Waals surface area contributed by atoms with Gasteiger partial charge in [-0.25, -0.2) is 4.52 Å². The molecule has 1 fully saturated rings. The number of aldehydes is 1. The molecule has 5 rings (SSSR count). The van der Waals surface area contributed by atoms with Gasteiger partial charge in [0.25, 0.3) is 0 Å². The van der Waals surface area contributed by atoms with Crippen LogP contribution in [0.1, 0.15) is 42.9 Å². The molecule has 7 nitrogen and oxygen atoms in total. The molecule has 0 saturated carbocycles. The molecule has 1 atom stereocenters. The number of pyridine rings is 1. The smallest absolute Gasteiger partial charge is 0.237 e. The fraction of sp³-hybridized carbons (Fsp3) is 0.333. The van der Waals surface area contributed by atoms with Crippen LogP contribution in [0.2, 0.25) is 0 Å². The summed E-state index contributed by atoms with van der Waals surface area (Å²) in [6.45, 7) is 3.66. The van der Waals surface area contributed by atoms with Gasteiger partial charge in [-0.15, -0.1) is 0 Å². The summed E-state index contributed by atoms with van der Waals surface area (Å²) >= 11 is 0. The third-order valence-corrected chi connectivity index (χ3v) is 6.42. The number of hydrogen-bond donors (Lipinski definition) is 1. The predicted molar refractivity (Wildman–Crippen MR) is 135 cm³/mol. The zero-order valence-electron chi connectivity index (χ0n) is 19.8. The molecule has 1 aromatic carbocycles. The Kier molecular flexibility index (Phi) is 7.65. The number of aromatic nitrogens is 2. The van der Waals surface area contributed by atoms with Crippen LogP contribution in [-0.2, 0) is 22.6 Å². The van der Waals surface area contributed by atoms with Crippen molar-refractivity contribution in [1.82, 2.24) is 19.8 Å². The van der Waals surface area contributed by atoms with Gasteiger partial charge in [-0.1, -0.05) is 30.3 Å². The lowest BCUT2D eigenvalue weighted by atomic mass is 10.0. The summed E-state index contributed by atoms with van der Waals surface area (Å²) in [5.74, 6) is 0.145. The van der Waals surface area contributed by atoms with Crippen LogP contribution in [0.25, 0.3) is 11.1 Å². The number of likely N-dealkylation sites (N-methyl/N-ethyl adjacent to an activating group) is 1. The molecule has 0 bridgehead atoms. The van der Waals surface area contributed by atoms with E-state index in [1.54, 1.807) is 10.7 Å². The van der Waals surface area contributed by atoms with Gasteiger partial charge in [0.1, 0.15) is 6.29 Å². The molecule has 34 heavy (non-hydrogen) atoms. The number of fused-ring (bicyclic) bond motifs is 1. The molecule has 0 aliphatic carbocycles. The molecule has 3 aromatic rings. The molecule has 2 aliphatic heterocycles. The number of nitrogens with zero attached hydrogens (tertiary/aromatic N) is 4. The van der Waals surface area contributed by atoms with E-state index >= 15 is 0 Å². The molecular weight excluding hydrogens is 426 g/mol. The van der Waals surface area contributed by atoms with Crippen LogP contribution < -0.4 is 5.32 Å². The molecule has 2 aromatic heterocycles. The molecule has 1 amide bonds. The topological polar surface area (TPSA) is 79.1 Å². The van der Waals surface area contributed by atoms with Crippen LogP contribution in [0.4, 0.5) is 0 Å². The predicted octanol–water partition coefficient (Wildman–Crippen LogP) is 3.68. The maximum atomic E-state index is 12.2. The van der Waals surface area contributed by atoms with Gasteiger partial charge in [-0.3, -0.25) is 14.7 Å². The van der Waals surface area contributed by atoms with E-state index in [1.165, 1.54) is 11.1 Å². The largest absolute Gasteiger partial charge is 0.351 e. The first-order chi connectivity index (χ1) is 16.6. The van der Waals surface area contributed by atoms with Crippen molar-refractivity contribution in [1.29, 1.82) is 0 Å². The molecule has 0 radical (unpaired) electrons. The second kappa shape index (κ2) is 11.0. The number of benzene rings is 1. The average molecular weight is 458 g/mol. The average Bonchev–Trinajstić information content (AvgIpc) is 3.59. The number of hydrogen-bond acceptors (Lipinski definition) is 5. The van der Waals surface area contributed by atoms with Crippen LogP contribution in [0, 0.1) is 0 Å². The first-order valence-corrected chi connectivity index (χ1v) is 11.7. The summed E-state index contributed by atoms with van der Waals surface area (Å²) in [4.78, 5) is 28.9. The first kappa shape index (κ1) is 23.6. The van der Waals surface area contributed by atoms with Gasteiger partial charge < -0.3 is 10.1 Å². The zero-order chi connectivity index (χ0) is 23.9. The summed E-state index contributed by atoms with van der Waals surface area (Å²) in [6, 6.07) is 14.3. The molecule has 4 heterocycles. The second-order valence-electron chi connectivity index (χ2n) is 8.70. The molecule has 1 N–H and O–H groups in total. The van der Waals surface area contributed by atoms with Gasteiger partial charge in [0, 0.05) is 43.1 Å². The van der Waals surface area contributed by atoms with E-state index in [4.69, 9.17) is 0 Å². The summed E-state index contributed by atoms with van der Waals surface area (Å²) in [7, 11) is 2.02. The Labute approximate surface area is 200 Å². The van der Waals surface area contributed by atoms with Gasteiger partial charge in [0.05, 0.1) is 17.8 Å². The first-order valence-electron chi connectivity index (χ1n) is 11.7. The van der Waals surface area contributed by atoms with Crippen molar-refractivity contribution < 1.29 is 9.59 Å². The molecule has 176 valence electrons. The Hall–Kier alpha value is -3.58. The van der Waals surface area contributed by atoms with Crippen molar-refractivity contribution in [2.24, 2.45) is 4.99 Å². The Bertz CT molecular complexity index is 1210. The lowest BCUT2D eigenvalue weighted by Gasteiger charge is -2.18. The maximum absolute atomic E-state index is 12.2. The highest BCUT2D eigenvalue weighted by Crippen LogP contribution is 2.26. The van der Waals surface area contributed by atoms with Crippen molar-refractivity contribution in [3.05, 3.63) is 77.2 Å². The molecule has 1 saturated heterocycles. The summed E-state index contributed by atoms with van der Waals surface area (Å²) in [5, 5.41) is 7.15. The van der Waals surface area contributed by atoms with Crippen molar-refractivity contribution in [3.63, 3.8) is 0 Å². The fourth-order valence-corrected chi connectivity index (χ4v) is 4.43. The van der Waals surface area contributed by atoms with Crippen LogP contribution in [0.3, 0.4) is 0 Å². The van der Waals surface area contributed by atoms with Crippen molar-refractivity contribution in [2.45, 2.75) is 45.2 Å². The van der Waals surface area contributed by atoms with Gasteiger partial charge in [-0.2, -0.15) is 5.10 Å². The van der Waals surface area contributed by atoms with Crippen molar-refractivity contribution in [2.75, 3.05) is 13.6 Å². The van der Waals surface area contributed by atoms with Gasteiger partial charge in [0.15, 0.2) is 0 Å². The Morgan fingerprint density at radius 2 is 2.03 bits per heavy atom. The minimum Gasteiger partial charge on any atom is -0.351 e. The molecule has 0 spiro atoms. The van der Waals surface area contributed by atoms with Gasteiger partial charge >= 0.3 is 0 Å². The Morgan fingerprint density at radius 3 is 2.71 bits per heavy atom. The standard InChI is InChI=1S/C18H23N3O.C9H8N2O/c1-13-16(9-10-19-13)15-7-5-14(6-8-15)12-20-18(22)17-4-3-11-21(17)2;12-6-4-8-7-10-11-5-2-1-3-9(8)11/h5-8,10,17H,3-4,9,11-12H2,1-2H3,(H,20,22);1-3,5-7H,4H2. The van der Waals surface area contributed by atoms with E-state index in [2.05, 4.69) is 44.6 Å². The Balaban J connectivity index is 0.000000192. The van der Waals surface area contributed by atoms with E-state index in [1.807, 2.05) is 44.6 Å². The third kappa shape index (κ3) is 5.48. The molecule has 7 heteroatoms. The van der Waals surface area contributed by atoms with E-state index in [0.29, 0.717) is 13.0 Å². The number of likely N-dealkylation sites (tertiary alicyclic amines) is 1. The van der Waals surface area contributed by atoms with Gasteiger partial charge in [0.2, 0.25) is 5.91 Å². The number of amides is 1. The molecule has 1 unspecified atom stereocenters. The molecular formula is C27H31N5O2. The highest BCUT2D eigenvalue weighted by atomic mass is 16.2. The number of rotatable bonds is 6. The summed E-state index contributed by atoms with van der Waals surface area (Å²) in [6.07, 6.45) is 9.87. The van der Waals surface area contributed by atoms with E-state index in [0.717, 1.165) is 54.4 Å². The Morgan fingerprint density at radius 1 is 1.21 bits per heavy atom. The lowest BCUT2D eigenvalue weighted by molar-refractivity contribution is -0.125. The molecule has 2 aliphatic rings. The van der Waals surface area contributed by atoms with Crippen LogP contribution in [0.5, 0.6) is 0 Å². The summed E-state index contributed by atoms with van der Waals surface area (Å²) < 4.78 is 1.76. The number of aliphatic imine (C=N–C) groups is 1. The minimum absolute atomic E-state index is 0.0442. The maximum Gasteiger partial charge on any atom is 0.237 e. The van der Waals surface area contributed by atoms with E-state index in [9.17, 15) is 9.59 Å². The normalized spacial score (nSPS) is 17.6. The van der Waals surface area contributed by atoms with Crippen LogP contribution >= 0.6 is 0 Å². The van der Waals surface area contributed by atoms with Gasteiger partial charge in [-0.05, 0) is 62.2 Å². The highest BCUT2D eigenvalue weighted by molar-refractivity contribution is 5.86. The van der Waals surface area contributed by atoms with E-state index in [-0.39, 0.29) is 11.9 Å². The van der Waals surface area contributed by atoms with E-state index < -0.39 is 0 Å². The zero-order valence-corrected chi connectivity index (χ0v) is 19.8. The third-order valence-electron chi connectivity index (χ3n) is 6.42. The van der Waals surface area contributed by atoms with Crippen molar-refractivity contribution in [3.8, 4) is 0 Å². The van der Waals surface area contributed by atoms with Crippen molar-refractivity contribution >= 4 is 29.5 Å². The number of nitrogens with one attached hydrogen (secondary N) is 1. The highest BCUT2D eigenvalue weighted by Gasteiger charge is 2.27.